The second-order valence-electron chi connectivity index (χ2n) is 4.47. The molecule has 20 heavy (non-hydrogen) atoms. The Hall–Kier alpha value is -1.88. The maximum absolute atomic E-state index is 10.6. The number of aliphatic carboxylic acids is 1. The minimum absolute atomic E-state index is 0.0136. The van der Waals surface area contributed by atoms with E-state index in [9.17, 15) is 4.79 Å². The van der Waals surface area contributed by atoms with Crippen LogP contribution in [0, 0.1) is 0 Å². The van der Waals surface area contributed by atoms with Crippen LogP contribution in [0.1, 0.15) is 29.6 Å². The highest BCUT2D eigenvalue weighted by atomic mass is 32.1. The summed E-state index contributed by atoms with van der Waals surface area (Å²) in [5, 5.41) is 11.5. The molecule has 106 valence electrons. The predicted molar refractivity (Wildman–Crippen MR) is 78.5 cm³/mol. The molecular weight excluding hydrogens is 274 g/mol. The number of carboxylic acid groups (broad SMARTS) is 1. The van der Waals surface area contributed by atoms with Crippen molar-refractivity contribution in [3.63, 3.8) is 0 Å². The third-order valence-corrected chi connectivity index (χ3v) is 3.58. The lowest BCUT2D eigenvalue weighted by molar-refractivity contribution is -0.136. The van der Waals surface area contributed by atoms with Crippen LogP contribution in [0.2, 0.25) is 0 Å². The summed E-state index contributed by atoms with van der Waals surface area (Å²) in [5.41, 5.74) is 1.77. The Morgan fingerprint density at radius 1 is 1.35 bits per heavy atom. The van der Waals surface area contributed by atoms with Crippen molar-refractivity contribution in [3.05, 3.63) is 45.9 Å². The van der Waals surface area contributed by atoms with Crippen molar-refractivity contribution in [2.75, 3.05) is 6.61 Å². The van der Waals surface area contributed by atoms with E-state index < -0.39 is 5.97 Å². The topological polar surface area (TPSA) is 59.4 Å². The van der Waals surface area contributed by atoms with Gasteiger partial charge in [0.1, 0.15) is 5.75 Å². The van der Waals surface area contributed by atoms with Gasteiger partial charge in [-0.3, -0.25) is 4.79 Å². The van der Waals surface area contributed by atoms with Gasteiger partial charge in [-0.1, -0.05) is 19.1 Å². The van der Waals surface area contributed by atoms with Crippen LogP contribution in [-0.4, -0.2) is 22.7 Å². The maximum Gasteiger partial charge on any atom is 0.309 e. The number of carbonyl (C=O) groups is 1. The molecule has 1 aromatic heterocycles. The fourth-order valence-corrected chi connectivity index (χ4v) is 2.59. The van der Waals surface area contributed by atoms with Gasteiger partial charge in [-0.25, -0.2) is 4.98 Å². The minimum Gasteiger partial charge on any atom is -0.494 e. The van der Waals surface area contributed by atoms with Gasteiger partial charge in [-0.05, 0) is 24.1 Å². The highest BCUT2D eigenvalue weighted by Gasteiger charge is 2.07. The molecule has 0 aliphatic heterocycles. The van der Waals surface area contributed by atoms with Gasteiger partial charge in [0.05, 0.1) is 23.7 Å². The molecule has 1 aromatic carbocycles. The quantitative estimate of drug-likeness (QED) is 0.851. The fraction of sp³-hybridized carbons (Fsp3) is 0.333. The number of nitrogens with zero attached hydrogens (tertiary/aromatic N) is 1. The zero-order valence-corrected chi connectivity index (χ0v) is 12.2. The SMILES string of the molecule is CCCOc1ccc(Cc2nc(CC(=O)O)cs2)cc1. The molecule has 5 heteroatoms. The van der Waals surface area contributed by atoms with Gasteiger partial charge in [0, 0.05) is 11.8 Å². The summed E-state index contributed by atoms with van der Waals surface area (Å²) < 4.78 is 5.53. The van der Waals surface area contributed by atoms with Crippen molar-refractivity contribution in [1.82, 2.24) is 4.98 Å². The summed E-state index contributed by atoms with van der Waals surface area (Å²) in [4.78, 5) is 14.9. The van der Waals surface area contributed by atoms with E-state index >= 15 is 0 Å². The second kappa shape index (κ2) is 7.05. The van der Waals surface area contributed by atoms with Gasteiger partial charge in [-0.2, -0.15) is 0 Å². The number of thiazole rings is 1. The molecule has 0 saturated carbocycles. The van der Waals surface area contributed by atoms with Crippen molar-refractivity contribution in [3.8, 4) is 5.75 Å². The predicted octanol–water partition coefficient (Wildman–Crippen LogP) is 3.15. The van der Waals surface area contributed by atoms with E-state index in [2.05, 4.69) is 11.9 Å². The average Bonchev–Trinajstić information content (AvgIpc) is 2.84. The Bertz CT molecular complexity index is 563. The second-order valence-corrected chi connectivity index (χ2v) is 5.41. The van der Waals surface area contributed by atoms with Crippen LogP contribution in [0.15, 0.2) is 29.6 Å². The van der Waals surface area contributed by atoms with Gasteiger partial charge < -0.3 is 9.84 Å². The highest BCUT2D eigenvalue weighted by molar-refractivity contribution is 7.09. The van der Waals surface area contributed by atoms with Crippen LogP contribution in [0.25, 0.3) is 0 Å². The maximum atomic E-state index is 10.6. The lowest BCUT2D eigenvalue weighted by Gasteiger charge is -2.05. The number of benzene rings is 1. The lowest BCUT2D eigenvalue weighted by Crippen LogP contribution is -2.00. The number of hydrogen-bond donors (Lipinski definition) is 1. The van der Waals surface area contributed by atoms with E-state index in [1.54, 1.807) is 0 Å². The third-order valence-electron chi connectivity index (χ3n) is 2.68. The molecule has 1 N–H and O–H groups in total. The van der Waals surface area contributed by atoms with Crippen molar-refractivity contribution in [2.45, 2.75) is 26.2 Å². The van der Waals surface area contributed by atoms with Crippen LogP contribution in [0.4, 0.5) is 0 Å². The van der Waals surface area contributed by atoms with E-state index in [-0.39, 0.29) is 6.42 Å². The Morgan fingerprint density at radius 3 is 2.75 bits per heavy atom. The first kappa shape index (κ1) is 14.5. The number of hydrogen-bond acceptors (Lipinski definition) is 4. The number of aromatic nitrogens is 1. The molecule has 2 aromatic rings. The molecule has 0 aliphatic carbocycles. The van der Waals surface area contributed by atoms with Crippen molar-refractivity contribution < 1.29 is 14.6 Å². The molecule has 0 radical (unpaired) electrons. The van der Waals surface area contributed by atoms with E-state index in [0.717, 1.165) is 35.8 Å². The smallest absolute Gasteiger partial charge is 0.309 e. The fourth-order valence-electron chi connectivity index (χ4n) is 1.76. The van der Waals surface area contributed by atoms with E-state index in [0.29, 0.717) is 5.69 Å². The molecule has 0 atom stereocenters. The van der Waals surface area contributed by atoms with Crippen LogP contribution in [0.3, 0.4) is 0 Å². The summed E-state index contributed by atoms with van der Waals surface area (Å²) in [7, 11) is 0. The first-order valence-electron chi connectivity index (χ1n) is 6.54. The van der Waals surface area contributed by atoms with Crippen LogP contribution in [-0.2, 0) is 17.6 Å². The van der Waals surface area contributed by atoms with Crippen molar-refractivity contribution in [2.24, 2.45) is 0 Å². The molecule has 0 amide bonds. The standard InChI is InChI=1S/C15H17NO3S/c1-2-7-19-13-5-3-11(4-6-13)8-14-16-12(10-20-14)9-15(17)18/h3-6,10H,2,7-9H2,1H3,(H,17,18). The van der Waals surface area contributed by atoms with Crippen LogP contribution < -0.4 is 4.74 Å². The van der Waals surface area contributed by atoms with Gasteiger partial charge in [0.25, 0.3) is 0 Å². The highest BCUT2D eigenvalue weighted by Crippen LogP contribution is 2.18. The zero-order chi connectivity index (χ0) is 14.4. The first-order chi connectivity index (χ1) is 9.67. The average molecular weight is 291 g/mol. The summed E-state index contributed by atoms with van der Waals surface area (Å²) in [6.45, 7) is 2.80. The Balaban J connectivity index is 1.95. The molecule has 1 heterocycles. The largest absolute Gasteiger partial charge is 0.494 e. The van der Waals surface area contributed by atoms with E-state index in [1.165, 1.54) is 11.3 Å². The van der Waals surface area contributed by atoms with Gasteiger partial charge in [0.2, 0.25) is 0 Å². The van der Waals surface area contributed by atoms with E-state index in [4.69, 9.17) is 9.84 Å². The number of carboxylic acids is 1. The summed E-state index contributed by atoms with van der Waals surface area (Å²) in [6.07, 6.45) is 1.70. The van der Waals surface area contributed by atoms with Crippen molar-refractivity contribution in [1.29, 1.82) is 0 Å². The normalized spacial score (nSPS) is 10.4. The van der Waals surface area contributed by atoms with Crippen molar-refractivity contribution >= 4 is 17.3 Å². The lowest BCUT2D eigenvalue weighted by atomic mass is 10.1. The first-order valence-corrected chi connectivity index (χ1v) is 7.42. The Morgan fingerprint density at radius 2 is 2.10 bits per heavy atom. The number of ether oxygens (including phenoxy) is 1. The summed E-state index contributed by atoms with van der Waals surface area (Å²) in [6, 6.07) is 7.94. The van der Waals surface area contributed by atoms with Crippen LogP contribution in [0.5, 0.6) is 5.75 Å². The van der Waals surface area contributed by atoms with Gasteiger partial charge >= 0.3 is 5.97 Å². The molecule has 0 fully saturated rings. The minimum atomic E-state index is -0.848. The zero-order valence-electron chi connectivity index (χ0n) is 11.3. The molecule has 0 bridgehead atoms. The molecular formula is C15H17NO3S. The summed E-state index contributed by atoms with van der Waals surface area (Å²) in [5.74, 6) is 0.0283. The van der Waals surface area contributed by atoms with Gasteiger partial charge in [0.15, 0.2) is 0 Å². The van der Waals surface area contributed by atoms with E-state index in [1.807, 2.05) is 29.6 Å². The van der Waals surface area contributed by atoms with Crippen LogP contribution >= 0.6 is 11.3 Å². The molecule has 2 rings (SSSR count). The Labute approximate surface area is 122 Å². The molecule has 0 aliphatic rings. The Kier molecular flexibility index (Phi) is 5.12. The number of rotatable bonds is 7. The molecule has 0 unspecified atom stereocenters. The monoisotopic (exact) mass is 291 g/mol. The van der Waals surface area contributed by atoms with Gasteiger partial charge in [-0.15, -0.1) is 11.3 Å². The third kappa shape index (κ3) is 4.35. The summed E-state index contributed by atoms with van der Waals surface area (Å²) >= 11 is 1.50. The molecule has 0 spiro atoms. The molecule has 0 saturated heterocycles. The molecule has 4 nitrogen and oxygen atoms in total.